The van der Waals surface area contributed by atoms with Gasteiger partial charge in [-0.1, -0.05) is 17.7 Å². The van der Waals surface area contributed by atoms with E-state index in [4.69, 9.17) is 16.3 Å². The first-order chi connectivity index (χ1) is 13.0. The number of carbonyl (C=O) groups excluding carboxylic acids is 2. The number of piperidine rings is 1. The molecule has 6 nitrogen and oxygen atoms in total. The molecule has 0 radical (unpaired) electrons. The van der Waals surface area contributed by atoms with Gasteiger partial charge in [-0.05, 0) is 38.1 Å². The van der Waals surface area contributed by atoms with Crippen LogP contribution < -0.4 is 5.32 Å². The molecule has 0 atom stereocenters. The summed E-state index contributed by atoms with van der Waals surface area (Å²) in [5, 5.41) is 3.38. The number of hydrogen-bond donors (Lipinski definition) is 1. The van der Waals surface area contributed by atoms with E-state index in [-0.39, 0.29) is 28.9 Å². The molecule has 2 aliphatic heterocycles. The zero-order chi connectivity index (χ0) is 19.4. The molecule has 0 unspecified atom stereocenters. The van der Waals surface area contributed by atoms with Crippen molar-refractivity contribution in [3.8, 4) is 0 Å². The van der Waals surface area contributed by atoms with Crippen molar-refractivity contribution in [3.63, 3.8) is 0 Å². The number of carbonyl (C=O) groups is 2. The van der Waals surface area contributed by atoms with Gasteiger partial charge in [0.15, 0.2) is 0 Å². The maximum Gasteiger partial charge on any atom is 0.258 e. The highest BCUT2D eigenvalue weighted by atomic mass is 35.5. The molecule has 0 saturated carbocycles. The summed E-state index contributed by atoms with van der Waals surface area (Å²) in [5.41, 5.74) is -0.603. The summed E-state index contributed by atoms with van der Waals surface area (Å²) in [6.45, 7) is 3.55. The molecule has 0 aromatic heterocycles. The van der Waals surface area contributed by atoms with Crippen LogP contribution in [-0.4, -0.2) is 74.6 Å². The Morgan fingerprint density at radius 2 is 1.79 bits per heavy atom. The normalized spacial score (nSPS) is 19.1. The summed E-state index contributed by atoms with van der Waals surface area (Å²) >= 11 is 6.01. The summed E-state index contributed by atoms with van der Waals surface area (Å²) in [5.74, 6) is -0.972. The number of halogens is 3. The van der Waals surface area contributed by atoms with Crippen LogP contribution in [0.25, 0.3) is 0 Å². The van der Waals surface area contributed by atoms with E-state index in [1.807, 2.05) is 0 Å². The van der Waals surface area contributed by atoms with Crippen molar-refractivity contribution >= 4 is 35.8 Å². The predicted octanol–water partition coefficient (Wildman–Crippen LogP) is 2.20. The van der Waals surface area contributed by atoms with Crippen LogP contribution in [0.5, 0.6) is 0 Å². The van der Waals surface area contributed by atoms with Crippen molar-refractivity contribution in [2.75, 3.05) is 53.0 Å². The molecule has 2 aliphatic rings. The topological polar surface area (TPSA) is 61.9 Å². The van der Waals surface area contributed by atoms with E-state index in [0.717, 1.165) is 25.9 Å². The van der Waals surface area contributed by atoms with E-state index in [0.29, 0.717) is 32.8 Å². The molecule has 1 N–H and O–H groups in total. The Hall–Kier alpha value is -1.41. The third-order valence-corrected chi connectivity index (χ3v) is 5.78. The number of benzene rings is 1. The maximum absolute atomic E-state index is 14.0. The smallest absolute Gasteiger partial charge is 0.258 e. The molecule has 2 heterocycles. The van der Waals surface area contributed by atoms with Crippen molar-refractivity contribution in [1.82, 2.24) is 15.1 Å². The minimum atomic E-state index is -0.625. The molecule has 1 aromatic carbocycles. The average molecular weight is 434 g/mol. The van der Waals surface area contributed by atoms with Crippen LogP contribution in [0, 0.1) is 11.2 Å². The Bertz CT molecular complexity index is 680. The molecule has 1 aromatic rings. The van der Waals surface area contributed by atoms with Gasteiger partial charge in [0, 0.05) is 33.3 Å². The van der Waals surface area contributed by atoms with E-state index in [2.05, 4.69) is 5.32 Å². The number of methoxy groups -OCH3 is 1. The largest absolute Gasteiger partial charge is 0.384 e. The summed E-state index contributed by atoms with van der Waals surface area (Å²) in [6, 6.07) is 4.20. The van der Waals surface area contributed by atoms with Gasteiger partial charge in [0.2, 0.25) is 5.91 Å². The standard InChI is InChI=1S/C19H25ClFN3O3.ClH/c1-27-13-19(5-7-22-8-6-19)18(26)24-11-9-23(10-12-24)17(25)16-14(20)3-2-4-15(16)21;/h2-4,22H,5-13H2,1H3;1H. The quantitative estimate of drug-likeness (QED) is 0.790. The molecule has 0 spiro atoms. The monoisotopic (exact) mass is 433 g/mol. The van der Waals surface area contributed by atoms with Gasteiger partial charge in [-0.2, -0.15) is 0 Å². The minimum absolute atomic E-state index is 0. The zero-order valence-corrected chi connectivity index (χ0v) is 17.5. The highest BCUT2D eigenvalue weighted by molar-refractivity contribution is 6.33. The zero-order valence-electron chi connectivity index (χ0n) is 15.9. The molecular formula is C19H26Cl2FN3O3. The van der Waals surface area contributed by atoms with Gasteiger partial charge >= 0.3 is 0 Å². The number of nitrogens with zero attached hydrogens (tertiary/aromatic N) is 2. The van der Waals surface area contributed by atoms with E-state index in [1.165, 1.54) is 18.2 Å². The van der Waals surface area contributed by atoms with Crippen molar-refractivity contribution in [1.29, 1.82) is 0 Å². The SMILES string of the molecule is COCC1(C(=O)N2CCN(C(=O)c3c(F)cccc3Cl)CC2)CCNCC1.Cl. The van der Waals surface area contributed by atoms with E-state index in [9.17, 15) is 14.0 Å². The Morgan fingerprint density at radius 1 is 1.18 bits per heavy atom. The second-order valence-electron chi connectivity index (χ2n) is 7.14. The third-order valence-electron chi connectivity index (χ3n) is 5.47. The molecule has 2 saturated heterocycles. The van der Waals surface area contributed by atoms with Gasteiger partial charge in [-0.25, -0.2) is 4.39 Å². The second-order valence-corrected chi connectivity index (χ2v) is 7.55. The van der Waals surface area contributed by atoms with Crippen LogP contribution in [0.2, 0.25) is 5.02 Å². The predicted molar refractivity (Wildman–Crippen MR) is 108 cm³/mol. The molecule has 28 heavy (non-hydrogen) atoms. The number of rotatable bonds is 4. The van der Waals surface area contributed by atoms with Crippen LogP contribution in [0.4, 0.5) is 4.39 Å². The summed E-state index contributed by atoms with van der Waals surface area (Å²) in [4.78, 5) is 29.2. The lowest BCUT2D eigenvalue weighted by Gasteiger charge is -2.42. The third kappa shape index (κ3) is 4.59. The van der Waals surface area contributed by atoms with Crippen LogP contribution in [0.3, 0.4) is 0 Å². The van der Waals surface area contributed by atoms with Gasteiger partial charge < -0.3 is 19.9 Å². The summed E-state index contributed by atoms with van der Waals surface area (Å²) in [6.07, 6.45) is 1.48. The van der Waals surface area contributed by atoms with Gasteiger partial charge in [0.05, 0.1) is 22.6 Å². The summed E-state index contributed by atoms with van der Waals surface area (Å²) in [7, 11) is 1.62. The maximum atomic E-state index is 14.0. The van der Waals surface area contributed by atoms with Gasteiger partial charge in [-0.3, -0.25) is 9.59 Å². The fourth-order valence-corrected chi connectivity index (χ4v) is 4.15. The summed E-state index contributed by atoms with van der Waals surface area (Å²) < 4.78 is 19.4. The lowest BCUT2D eigenvalue weighted by molar-refractivity contribution is -0.149. The van der Waals surface area contributed by atoms with Crippen LogP contribution in [0.1, 0.15) is 23.2 Å². The molecule has 0 aliphatic carbocycles. The number of hydrogen-bond acceptors (Lipinski definition) is 4. The first-order valence-electron chi connectivity index (χ1n) is 9.21. The number of ether oxygens (including phenoxy) is 1. The van der Waals surface area contributed by atoms with Crippen molar-refractivity contribution < 1.29 is 18.7 Å². The Balaban J connectivity index is 0.00000280. The van der Waals surface area contributed by atoms with Crippen molar-refractivity contribution in [3.05, 3.63) is 34.6 Å². The van der Waals surface area contributed by atoms with Gasteiger partial charge in [-0.15, -0.1) is 12.4 Å². The molecule has 2 fully saturated rings. The molecular weight excluding hydrogens is 408 g/mol. The fraction of sp³-hybridized carbons (Fsp3) is 0.579. The Morgan fingerprint density at radius 3 is 2.36 bits per heavy atom. The minimum Gasteiger partial charge on any atom is -0.384 e. The first kappa shape index (κ1) is 22.9. The van der Waals surface area contributed by atoms with Crippen molar-refractivity contribution in [2.45, 2.75) is 12.8 Å². The molecule has 3 rings (SSSR count). The van der Waals surface area contributed by atoms with Crippen molar-refractivity contribution in [2.24, 2.45) is 5.41 Å². The van der Waals surface area contributed by atoms with E-state index < -0.39 is 17.1 Å². The van der Waals surface area contributed by atoms with E-state index in [1.54, 1.807) is 16.9 Å². The average Bonchev–Trinajstić information content (AvgIpc) is 2.68. The lowest BCUT2D eigenvalue weighted by atomic mass is 9.78. The second kappa shape index (κ2) is 9.87. The molecule has 156 valence electrons. The molecule has 0 bridgehead atoms. The number of nitrogens with one attached hydrogen (secondary N) is 1. The van der Waals surface area contributed by atoms with Crippen LogP contribution in [-0.2, 0) is 9.53 Å². The highest BCUT2D eigenvalue weighted by Crippen LogP contribution is 2.32. The van der Waals surface area contributed by atoms with Gasteiger partial charge in [0.25, 0.3) is 5.91 Å². The Labute approximate surface area is 175 Å². The van der Waals surface area contributed by atoms with Crippen LogP contribution >= 0.6 is 24.0 Å². The first-order valence-corrected chi connectivity index (χ1v) is 9.59. The lowest BCUT2D eigenvalue weighted by Crippen LogP contribution is -2.57. The fourth-order valence-electron chi connectivity index (χ4n) is 3.91. The Kier molecular flexibility index (Phi) is 8.07. The molecule has 2 amide bonds. The highest BCUT2D eigenvalue weighted by Gasteiger charge is 2.43. The van der Waals surface area contributed by atoms with E-state index >= 15 is 0 Å². The van der Waals surface area contributed by atoms with Gasteiger partial charge in [0.1, 0.15) is 5.82 Å². The molecule has 9 heteroatoms. The number of amides is 2. The number of piperazine rings is 1. The van der Waals surface area contributed by atoms with Crippen LogP contribution in [0.15, 0.2) is 18.2 Å².